The molecule has 0 aliphatic rings. The summed E-state index contributed by atoms with van der Waals surface area (Å²) in [7, 11) is 2.58. The average molecular weight is 437 g/mol. The van der Waals surface area contributed by atoms with Crippen LogP contribution in [0.4, 0.5) is 0 Å². The molecule has 3 unspecified atom stereocenters. The molecule has 0 fully saturated rings. The van der Waals surface area contributed by atoms with Gasteiger partial charge in [-0.3, -0.25) is 9.59 Å². The number of primary amides is 1. The summed E-state index contributed by atoms with van der Waals surface area (Å²) in [5.41, 5.74) is 5.41. The number of quaternary nitrogens is 1. The zero-order valence-corrected chi connectivity index (χ0v) is 21.4. The van der Waals surface area contributed by atoms with Crippen LogP contribution in [0.15, 0.2) is 0 Å². The number of nitrogens with two attached hydrogens (primary N) is 1. The molecule has 0 aliphatic carbocycles. The SMILES string of the molecule is CC[N+](C)(C)CC(CCC(C)C(N)=O)C(C)C(=O)N[Si](OC)(OC)O[SiH](C)C. The van der Waals surface area contributed by atoms with E-state index in [1.54, 1.807) is 0 Å². The van der Waals surface area contributed by atoms with E-state index in [0.29, 0.717) is 6.42 Å². The minimum Gasteiger partial charge on any atom is -0.402 e. The predicted octanol–water partition coefficient (Wildman–Crippen LogP) is 1.08. The molecule has 0 aromatic rings. The van der Waals surface area contributed by atoms with Gasteiger partial charge in [0.1, 0.15) is 0 Å². The Kier molecular flexibility index (Phi) is 11.7. The second-order valence-corrected chi connectivity index (χ2v) is 13.7. The Morgan fingerprint density at radius 3 is 2.07 bits per heavy atom. The highest BCUT2D eigenvalue weighted by Gasteiger charge is 2.45. The Bertz CT molecular complexity index is 502. The van der Waals surface area contributed by atoms with E-state index in [2.05, 4.69) is 26.0 Å². The molecule has 0 aliphatic heterocycles. The first kappa shape index (κ1) is 27.2. The number of hydrogen-bond acceptors (Lipinski definition) is 5. The Hall–Kier alpha value is -0.786. The molecule has 0 rings (SSSR count). The van der Waals surface area contributed by atoms with E-state index in [1.165, 1.54) is 14.2 Å². The lowest BCUT2D eigenvalue weighted by atomic mass is 9.85. The molecular weight excluding hydrogens is 394 g/mol. The summed E-state index contributed by atoms with van der Waals surface area (Å²) in [6.07, 6.45) is 1.41. The van der Waals surface area contributed by atoms with Gasteiger partial charge in [-0.15, -0.1) is 0 Å². The third kappa shape index (κ3) is 9.14. The molecule has 0 saturated carbocycles. The molecule has 0 saturated heterocycles. The van der Waals surface area contributed by atoms with Gasteiger partial charge in [0.05, 0.1) is 27.2 Å². The summed E-state index contributed by atoms with van der Waals surface area (Å²) < 4.78 is 17.7. The maximum atomic E-state index is 13.1. The van der Waals surface area contributed by atoms with Gasteiger partial charge in [0.2, 0.25) is 11.8 Å². The number of carbonyl (C=O) groups is 2. The first-order valence-corrected chi connectivity index (χ1v) is 14.5. The smallest absolute Gasteiger partial charge is 0.402 e. The molecule has 0 heterocycles. The zero-order chi connectivity index (χ0) is 22.1. The van der Waals surface area contributed by atoms with Crippen LogP contribution in [-0.4, -0.2) is 75.7 Å². The highest BCUT2D eigenvalue weighted by molar-refractivity contribution is 6.70. The molecule has 166 valence electrons. The molecule has 3 N–H and O–H groups in total. The largest absolute Gasteiger partial charge is 0.621 e. The quantitative estimate of drug-likeness (QED) is 0.313. The third-order valence-electron chi connectivity index (χ3n) is 5.37. The number of rotatable bonds is 14. The molecule has 0 aromatic heterocycles. The van der Waals surface area contributed by atoms with Crippen molar-refractivity contribution in [1.29, 1.82) is 0 Å². The number of carbonyl (C=O) groups excluding carboxylic acids is 2. The number of nitrogens with one attached hydrogen (secondary N) is 1. The summed E-state index contributed by atoms with van der Waals surface area (Å²) in [6, 6.07) is 0. The van der Waals surface area contributed by atoms with E-state index < -0.39 is 18.0 Å². The van der Waals surface area contributed by atoms with E-state index in [-0.39, 0.29) is 29.6 Å². The molecule has 0 aromatic carbocycles. The van der Waals surface area contributed by atoms with E-state index in [9.17, 15) is 9.59 Å². The maximum Gasteiger partial charge on any atom is 0.621 e. The zero-order valence-electron chi connectivity index (χ0n) is 19.2. The van der Waals surface area contributed by atoms with Crippen molar-refractivity contribution < 1.29 is 27.0 Å². The van der Waals surface area contributed by atoms with Crippen LogP contribution in [-0.2, 0) is 22.6 Å². The summed E-state index contributed by atoms with van der Waals surface area (Å²) in [4.78, 5) is 27.4. The summed E-state index contributed by atoms with van der Waals surface area (Å²) in [6.45, 7) is 11.7. The van der Waals surface area contributed by atoms with Gasteiger partial charge in [-0.05, 0) is 32.9 Å². The van der Waals surface area contributed by atoms with Crippen LogP contribution < -0.4 is 10.7 Å². The summed E-state index contributed by atoms with van der Waals surface area (Å²) >= 11 is 0. The van der Waals surface area contributed by atoms with Gasteiger partial charge in [-0.2, -0.15) is 0 Å². The summed E-state index contributed by atoms with van der Waals surface area (Å²) in [5.74, 6) is -0.845. The molecule has 8 nitrogen and oxygen atoms in total. The van der Waals surface area contributed by atoms with Gasteiger partial charge in [-0.25, -0.2) is 0 Å². The molecule has 0 bridgehead atoms. The van der Waals surface area contributed by atoms with Crippen molar-refractivity contribution in [2.24, 2.45) is 23.5 Å². The number of amides is 2. The van der Waals surface area contributed by atoms with E-state index in [0.717, 1.165) is 24.0 Å². The van der Waals surface area contributed by atoms with Crippen molar-refractivity contribution in [2.75, 3.05) is 41.4 Å². The fourth-order valence-corrected chi connectivity index (χ4v) is 7.36. The topological polar surface area (TPSA) is 99.9 Å². The lowest BCUT2D eigenvalue weighted by Crippen LogP contribution is -2.63. The van der Waals surface area contributed by atoms with E-state index in [4.69, 9.17) is 18.7 Å². The summed E-state index contributed by atoms with van der Waals surface area (Å²) in [5, 5.41) is 0. The Morgan fingerprint density at radius 1 is 1.14 bits per heavy atom. The monoisotopic (exact) mass is 436 g/mol. The van der Waals surface area contributed by atoms with Gasteiger partial charge >= 0.3 is 8.97 Å². The molecular formula is C18H42N3O5Si2+. The van der Waals surface area contributed by atoms with Gasteiger partial charge in [0.25, 0.3) is 0 Å². The van der Waals surface area contributed by atoms with Crippen molar-refractivity contribution in [2.45, 2.75) is 46.7 Å². The second kappa shape index (κ2) is 12.0. The van der Waals surface area contributed by atoms with Crippen molar-refractivity contribution in [3.05, 3.63) is 0 Å². The third-order valence-corrected chi connectivity index (χ3v) is 10.1. The van der Waals surface area contributed by atoms with Crippen molar-refractivity contribution in [1.82, 2.24) is 4.98 Å². The lowest BCUT2D eigenvalue weighted by Gasteiger charge is -2.36. The first-order valence-electron chi connectivity index (χ1n) is 10.0. The first-order chi connectivity index (χ1) is 12.8. The van der Waals surface area contributed by atoms with Crippen molar-refractivity contribution in [3.8, 4) is 0 Å². The normalized spacial score (nSPS) is 15.9. The maximum absolute atomic E-state index is 13.1. The van der Waals surface area contributed by atoms with Crippen LogP contribution in [0.1, 0.15) is 33.6 Å². The Balaban J connectivity index is 5.38. The van der Waals surface area contributed by atoms with E-state index >= 15 is 0 Å². The number of hydrogen-bond donors (Lipinski definition) is 2. The van der Waals surface area contributed by atoms with Crippen molar-refractivity contribution >= 4 is 29.8 Å². The average Bonchev–Trinajstić information content (AvgIpc) is 2.62. The van der Waals surface area contributed by atoms with Crippen LogP contribution in [0.25, 0.3) is 0 Å². The predicted molar refractivity (Wildman–Crippen MR) is 116 cm³/mol. The molecule has 3 atom stereocenters. The minimum atomic E-state index is -3.22. The van der Waals surface area contributed by atoms with Crippen LogP contribution in [0.3, 0.4) is 0 Å². The van der Waals surface area contributed by atoms with Crippen LogP contribution in [0, 0.1) is 17.8 Å². The second-order valence-electron chi connectivity index (χ2n) is 8.48. The highest BCUT2D eigenvalue weighted by atomic mass is 28.4. The molecule has 28 heavy (non-hydrogen) atoms. The van der Waals surface area contributed by atoms with Crippen LogP contribution in [0.5, 0.6) is 0 Å². The van der Waals surface area contributed by atoms with E-state index in [1.807, 2.05) is 26.9 Å². The van der Waals surface area contributed by atoms with Gasteiger partial charge in [0.15, 0.2) is 9.04 Å². The van der Waals surface area contributed by atoms with Gasteiger partial charge in [-0.1, -0.05) is 13.8 Å². The Morgan fingerprint density at radius 2 is 1.68 bits per heavy atom. The minimum absolute atomic E-state index is 0.0912. The standard InChI is InChI=1S/C18H41N3O5Si2/c1-10-21(4,5)13-16(12-11-14(2)17(19)22)15(3)18(23)20-28(24-6,25-7)26-27(8)9/h14-16,27H,10-13H2,1-9H3,(H2-,19,20,22,23)/p+1. The van der Waals surface area contributed by atoms with Gasteiger partial charge in [0, 0.05) is 32.0 Å². The van der Waals surface area contributed by atoms with Crippen LogP contribution in [0.2, 0.25) is 13.1 Å². The molecule has 2 amide bonds. The molecule has 0 radical (unpaired) electrons. The van der Waals surface area contributed by atoms with Gasteiger partial charge < -0.3 is 28.2 Å². The fourth-order valence-electron chi connectivity index (χ4n) is 2.97. The lowest BCUT2D eigenvalue weighted by molar-refractivity contribution is -0.892. The van der Waals surface area contributed by atoms with Crippen molar-refractivity contribution in [3.63, 3.8) is 0 Å². The highest BCUT2D eigenvalue weighted by Crippen LogP contribution is 2.24. The Labute approximate surface area is 173 Å². The van der Waals surface area contributed by atoms with Crippen LogP contribution >= 0.6 is 0 Å². The number of nitrogens with zero attached hydrogens (tertiary/aromatic N) is 1. The fraction of sp³-hybridized carbons (Fsp3) is 0.889. The molecule has 10 heteroatoms. The molecule has 0 spiro atoms.